The average molecular weight is 230 g/mol. The number of benzene rings is 1. The molecule has 0 atom stereocenters. The first-order chi connectivity index (χ1) is 6.81. The van der Waals surface area contributed by atoms with E-state index >= 15 is 0 Å². The monoisotopic (exact) mass is 230 g/mol. The van der Waals surface area contributed by atoms with Crippen LogP contribution in [0.3, 0.4) is 0 Å². The lowest BCUT2D eigenvalue weighted by Gasteiger charge is -2.27. The number of hydrogen-bond acceptors (Lipinski definition) is 1. The summed E-state index contributed by atoms with van der Waals surface area (Å²) in [5.74, 6) is -0.907. The summed E-state index contributed by atoms with van der Waals surface area (Å²) in [5, 5.41) is 0. The molecule has 0 saturated carbocycles. The Bertz CT molecular complexity index is 330. The summed E-state index contributed by atoms with van der Waals surface area (Å²) in [6.45, 7) is 8.17. The molecule has 4 heteroatoms. The van der Waals surface area contributed by atoms with Crippen molar-refractivity contribution in [3.8, 4) is 5.75 Å². The van der Waals surface area contributed by atoms with E-state index in [4.69, 9.17) is 4.43 Å². The first kappa shape index (κ1) is 12.2. The van der Waals surface area contributed by atoms with Crippen LogP contribution in [0.4, 0.5) is 8.78 Å². The number of halogens is 2. The van der Waals surface area contributed by atoms with E-state index in [-0.39, 0.29) is 5.75 Å². The fraction of sp³-hybridized carbons (Fsp3) is 0.455. The third-order valence-electron chi connectivity index (χ3n) is 2.61. The molecule has 0 heterocycles. The second-order valence-corrected chi connectivity index (χ2v) is 9.03. The molecule has 0 aliphatic heterocycles. The Morgan fingerprint density at radius 1 is 1.07 bits per heavy atom. The quantitative estimate of drug-likeness (QED) is 0.714. The zero-order valence-electron chi connectivity index (χ0n) is 9.47. The summed E-state index contributed by atoms with van der Waals surface area (Å²) in [7, 11) is -1.90. The van der Waals surface area contributed by atoms with Crippen LogP contribution in [0, 0.1) is 11.6 Å². The maximum atomic E-state index is 12.9. The van der Waals surface area contributed by atoms with Crippen LogP contribution < -0.4 is 4.43 Å². The topological polar surface area (TPSA) is 9.23 Å². The molecule has 1 aromatic carbocycles. The van der Waals surface area contributed by atoms with Gasteiger partial charge in [0.15, 0.2) is 0 Å². The summed E-state index contributed by atoms with van der Waals surface area (Å²) in [6.07, 6.45) is 0. The number of hydrogen-bond donors (Lipinski definition) is 0. The highest BCUT2D eigenvalue weighted by Gasteiger charge is 2.29. The Morgan fingerprint density at radius 2 is 1.53 bits per heavy atom. The van der Waals surface area contributed by atoms with E-state index in [9.17, 15) is 8.78 Å². The van der Waals surface area contributed by atoms with Crippen LogP contribution in [-0.4, -0.2) is 8.32 Å². The smallest absolute Gasteiger partial charge is 0.247 e. The van der Waals surface area contributed by atoms with Gasteiger partial charge in [0.25, 0.3) is 0 Å². The average Bonchev–Trinajstić information content (AvgIpc) is 1.99. The van der Waals surface area contributed by atoms with E-state index in [1.165, 1.54) is 12.1 Å². The minimum atomic E-state index is -1.90. The molecule has 0 spiro atoms. The molecule has 0 unspecified atom stereocenters. The SMILES string of the molecule is CC(C)[Si](C)(C)Oc1cc(F)cc(F)c1. The lowest BCUT2D eigenvalue weighted by Crippen LogP contribution is -2.37. The molecule has 1 nitrogen and oxygen atoms in total. The van der Waals surface area contributed by atoms with Crippen LogP contribution in [0.1, 0.15) is 13.8 Å². The lowest BCUT2D eigenvalue weighted by molar-refractivity contribution is 0.510. The van der Waals surface area contributed by atoms with Crippen LogP contribution >= 0.6 is 0 Å². The minimum absolute atomic E-state index is 0.290. The Hall–Kier alpha value is -0.903. The van der Waals surface area contributed by atoms with E-state index in [2.05, 4.69) is 13.8 Å². The van der Waals surface area contributed by atoms with Crippen molar-refractivity contribution in [2.24, 2.45) is 0 Å². The first-order valence-corrected chi connectivity index (χ1v) is 7.95. The molecule has 0 amide bonds. The standard InChI is InChI=1S/C11H16F2OSi/c1-8(2)15(3,4)14-11-6-9(12)5-10(13)7-11/h5-8H,1-4H3. The van der Waals surface area contributed by atoms with Gasteiger partial charge in [-0.1, -0.05) is 13.8 Å². The maximum Gasteiger partial charge on any atom is 0.247 e. The van der Waals surface area contributed by atoms with Crippen LogP contribution in [0.5, 0.6) is 5.75 Å². The molecule has 0 aliphatic carbocycles. The van der Waals surface area contributed by atoms with Gasteiger partial charge in [-0.2, -0.15) is 0 Å². The molecule has 15 heavy (non-hydrogen) atoms. The van der Waals surface area contributed by atoms with Gasteiger partial charge in [0, 0.05) is 18.2 Å². The van der Waals surface area contributed by atoms with Gasteiger partial charge < -0.3 is 4.43 Å². The zero-order chi connectivity index (χ0) is 11.6. The minimum Gasteiger partial charge on any atom is -0.544 e. The second-order valence-electron chi connectivity index (χ2n) is 4.47. The Balaban J connectivity index is 2.89. The van der Waals surface area contributed by atoms with E-state index < -0.39 is 20.0 Å². The number of rotatable bonds is 3. The van der Waals surface area contributed by atoms with Gasteiger partial charge in [0.05, 0.1) is 0 Å². The van der Waals surface area contributed by atoms with Gasteiger partial charge in [-0.05, 0) is 18.6 Å². The van der Waals surface area contributed by atoms with E-state index in [0.717, 1.165) is 6.07 Å². The van der Waals surface area contributed by atoms with E-state index in [1.807, 2.05) is 13.1 Å². The summed E-state index contributed by atoms with van der Waals surface area (Å²) < 4.78 is 31.5. The fourth-order valence-electron chi connectivity index (χ4n) is 1.01. The molecular formula is C11H16F2OSi. The molecule has 1 rings (SSSR count). The van der Waals surface area contributed by atoms with Gasteiger partial charge in [-0.25, -0.2) is 8.78 Å². The summed E-state index contributed by atoms with van der Waals surface area (Å²) in [6, 6.07) is 3.29. The third kappa shape index (κ3) is 3.30. The van der Waals surface area contributed by atoms with Crippen molar-refractivity contribution in [2.45, 2.75) is 32.5 Å². The predicted molar refractivity (Wildman–Crippen MR) is 59.6 cm³/mol. The van der Waals surface area contributed by atoms with Crippen molar-refractivity contribution >= 4 is 8.32 Å². The van der Waals surface area contributed by atoms with Crippen molar-refractivity contribution in [2.75, 3.05) is 0 Å². The van der Waals surface area contributed by atoms with Gasteiger partial charge in [-0.15, -0.1) is 0 Å². The van der Waals surface area contributed by atoms with Crippen molar-refractivity contribution in [1.82, 2.24) is 0 Å². The summed E-state index contributed by atoms with van der Waals surface area (Å²) in [5.41, 5.74) is 0.392. The molecule has 0 aliphatic rings. The highest BCUT2D eigenvalue weighted by molar-refractivity contribution is 6.73. The summed E-state index contributed by atoms with van der Waals surface area (Å²) in [4.78, 5) is 0. The lowest BCUT2D eigenvalue weighted by atomic mass is 10.3. The summed E-state index contributed by atoms with van der Waals surface area (Å²) >= 11 is 0. The maximum absolute atomic E-state index is 12.9. The van der Waals surface area contributed by atoms with Gasteiger partial charge in [0.1, 0.15) is 17.4 Å². The third-order valence-corrected chi connectivity index (χ3v) is 6.15. The van der Waals surface area contributed by atoms with Crippen molar-refractivity contribution in [1.29, 1.82) is 0 Å². The molecule has 0 radical (unpaired) electrons. The van der Waals surface area contributed by atoms with Gasteiger partial charge in [-0.3, -0.25) is 0 Å². The fourth-order valence-corrected chi connectivity index (χ4v) is 1.97. The Morgan fingerprint density at radius 3 is 1.93 bits per heavy atom. The normalized spacial score (nSPS) is 11.9. The van der Waals surface area contributed by atoms with Crippen LogP contribution in [0.15, 0.2) is 18.2 Å². The van der Waals surface area contributed by atoms with Crippen LogP contribution in [-0.2, 0) is 0 Å². The van der Waals surface area contributed by atoms with Gasteiger partial charge >= 0.3 is 0 Å². The Labute approximate surface area is 90.2 Å². The van der Waals surface area contributed by atoms with Crippen LogP contribution in [0.25, 0.3) is 0 Å². The molecule has 0 N–H and O–H groups in total. The molecule has 0 saturated heterocycles. The molecule has 0 bridgehead atoms. The van der Waals surface area contributed by atoms with Crippen LogP contribution in [0.2, 0.25) is 18.6 Å². The highest BCUT2D eigenvalue weighted by Crippen LogP contribution is 2.26. The molecule has 1 aromatic rings. The molecule has 0 fully saturated rings. The molecule has 0 aromatic heterocycles. The van der Waals surface area contributed by atoms with E-state index in [0.29, 0.717) is 5.54 Å². The van der Waals surface area contributed by atoms with Crippen molar-refractivity contribution in [3.05, 3.63) is 29.8 Å². The molecule has 84 valence electrons. The largest absolute Gasteiger partial charge is 0.544 e. The van der Waals surface area contributed by atoms with E-state index in [1.54, 1.807) is 0 Å². The molecular weight excluding hydrogens is 214 g/mol. The predicted octanol–water partition coefficient (Wildman–Crippen LogP) is 3.96. The van der Waals surface area contributed by atoms with Crippen molar-refractivity contribution in [3.63, 3.8) is 0 Å². The Kier molecular flexibility index (Phi) is 3.49. The van der Waals surface area contributed by atoms with Gasteiger partial charge in [0.2, 0.25) is 8.32 Å². The first-order valence-electron chi connectivity index (χ1n) is 4.96. The zero-order valence-corrected chi connectivity index (χ0v) is 10.5. The second kappa shape index (κ2) is 4.31. The highest BCUT2D eigenvalue weighted by atomic mass is 28.4. The van der Waals surface area contributed by atoms with Crippen molar-refractivity contribution < 1.29 is 13.2 Å².